The van der Waals surface area contributed by atoms with Crippen LogP contribution in [0.5, 0.6) is 0 Å². The van der Waals surface area contributed by atoms with E-state index in [0.717, 1.165) is 76.0 Å². The number of pyridine rings is 1. The van der Waals surface area contributed by atoms with E-state index in [1.54, 1.807) is 0 Å². The predicted octanol–water partition coefficient (Wildman–Crippen LogP) is 0.886. The van der Waals surface area contributed by atoms with Crippen LogP contribution in [-0.4, -0.2) is 79.5 Å². The number of hydrogen-bond donors (Lipinski definition) is 2. The third kappa shape index (κ3) is 6.32. The van der Waals surface area contributed by atoms with Crippen molar-refractivity contribution in [3.8, 4) is 0 Å². The zero-order valence-corrected chi connectivity index (χ0v) is 17.8. The number of piperazine rings is 1. The molecule has 0 aromatic carbocycles. The first-order chi connectivity index (χ1) is 14.0. The van der Waals surface area contributed by atoms with Gasteiger partial charge in [0.05, 0.1) is 6.54 Å². The maximum atomic E-state index is 11.3. The van der Waals surface area contributed by atoms with Crippen molar-refractivity contribution in [3.05, 3.63) is 23.9 Å². The number of piperidine rings is 1. The van der Waals surface area contributed by atoms with E-state index in [1.807, 2.05) is 6.20 Å². The minimum Gasteiger partial charge on any atom is -0.370 e. The van der Waals surface area contributed by atoms with Gasteiger partial charge >= 0.3 is 0 Å². The van der Waals surface area contributed by atoms with Crippen molar-refractivity contribution in [3.63, 3.8) is 0 Å². The van der Waals surface area contributed by atoms with Gasteiger partial charge in [0.25, 0.3) is 0 Å². The summed E-state index contributed by atoms with van der Waals surface area (Å²) < 4.78 is 0. The van der Waals surface area contributed by atoms with Gasteiger partial charge in [0.1, 0.15) is 5.82 Å². The van der Waals surface area contributed by atoms with E-state index in [0.29, 0.717) is 18.9 Å². The summed E-state index contributed by atoms with van der Waals surface area (Å²) >= 11 is 0. The molecule has 1 aromatic heterocycles. The Hall–Kier alpha value is -2.35. The number of hydrogen-bond acceptors (Lipinski definition) is 5. The fourth-order valence-corrected chi connectivity index (χ4v) is 4.03. The molecule has 0 spiro atoms. The molecule has 1 aromatic rings. The zero-order chi connectivity index (χ0) is 20.6. The number of anilines is 1. The number of amides is 1. The Morgan fingerprint density at radius 2 is 2.07 bits per heavy atom. The second-order valence-corrected chi connectivity index (χ2v) is 8.11. The molecule has 2 fully saturated rings. The summed E-state index contributed by atoms with van der Waals surface area (Å²) in [5.74, 6) is 2.05. The van der Waals surface area contributed by atoms with Crippen molar-refractivity contribution >= 4 is 17.7 Å². The normalized spacial score (nSPS) is 21.3. The Labute approximate surface area is 174 Å². The Kier molecular flexibility index (Phi) is 7.69. The lowest BCUT2D eigenvalue weighted by Crippen LogP contribution is -2.47. The summed E-state index contributed by atoms with van der Waals surface area (Å²) in [4.78, 5) is 27.7. The maximum Gasteiger partial charge on any atom is 0.217 e. The van der Waals surface area contributed by atoms with Crippen LogP contribution in [-0.2, 0) is 11.3 Å². The number of likely N-dealkylation sites (tertiary alicyclic amines) is 1. The Balaban J connectivity index is 1.60. The van der Waals surface area contributed by atoms with E-state index in [1.165, 1.54) is 0 Å². The highest BCUT2D eigenvalue weighted by Crippen LogP contribution is 2.20. The van der Waals surface area contributed by atoms with Gasteiger partial charge in [0.2, 0.25) is 5.91 Å². The first-order valence-electron chi connectivity index (χ1n) is 10.7. The number of primary amides is 1. The van der Waals surface area contributed by atoms with E-state index >= 15 is 0 Å². The molecule has 1 atom stereocenters. The van der Waals surface area contributed by atoms with Crippen molar-refractivity contribution in [1.29, 1.82) is 0 Å². The lowest BCUT2D eigenvalue weighted by molar-refractivity contribution is -0.119. The average Bonchev–Trinajstić information content (AvgIpc) is 2.72. The van der Waals surface area contributed by atoms with Crippen molar-refractivity contribution in [2.45, 2.75) is 32.7 Å². The number of likely N-dealkylation sites (N-methyl/N-ethyl adjacent to an activating group) is 1. The highest BCUT2D eigenvalue weighted by molar-refractivity contribution is 5.80. The summed E-state index contributed by atoms with van der Waals surface area (Å²) in [6, 6.07) is 4.23. The number of nitrogens with one attached hydrogen (secondary N) is 1. The molecule has 29 heavy (non-hydrogen) atoms. The molecule has 8 nitrogen and oxygen atoms in total. The maximum absolute atomic E-state index is 11.3. The number of aromatic nitrogens is 1. The third-order valence-electron chi connectivity index (χ3n) is 5.69. The molecular formula is C21H35N7O. The number of rotatable bonds is 6. The molecule has 2 aliphatic heterocycles. The highest BCUT2D eigenvalue weighted by atomic mass is 16.1. The standard InChI is InChI=1S/C21H35N7O/c1-3-23-21(28-8-4-5-17(16-28)13-19(22)29)25-15-18-6-7-20(24-14-18)27-11-9-26(2)10-12-27/h6-7,14,17H,3-5,8-13,15-16H2,1-2H3,(H2,22,29)(H,23,25). The molecule has 3 N–H and O–H groups in total. The largest absolute Gasteiger partial charge is 0.370 e. The second kappa shape index (κ2) is 10.4. The van der Waals surface area contributed by atoms with Crippen LogP contribution in [0.1, 0.15) is 31.7 Å². The fourth-order valence-electron chi connectivity index (χ4n) is 4.03. The molecule has 0 saturated carbocycles. The van der Waals surface area contributed by atoms with Gasteiger partial charge in [-0.2, -0.15) is 0 Å². The minimum absolute atomic E-state index is 0.217. The van der Waals surface area contributed by atoms with Crippen LogP contribution in [0.3, 0.4) is 0 Å². The summed E-state index contributed by atoms with van der Waals surface area (Å²) in [6.07, 6.45) is 4.50. The van der Waals surface area contributed by atoms with Crippen LogP contribution >= 0.6 is 0 Å². The van der Waals surface area contributed by atoms with Gasteiger partial charge in [-0.1, -0.05) is 6.07 Å². The van der Waals surface area contributed by atoms with E-state index in [2.05, 4.69) is 51.1 Å². The Bertz CT molecular complexity index is 683. The molecular weight excluding hydrogens is 366 g/mol. The van der Waals surface area contributed by atoms with E-state index < -0.39 is 0 Å². The van der Waals surface area contributed by atoms with Crippen molar-refractivity contribution in [2.75, 3.05) is 57.8 Å². The number of carbonyl (C=O) groups is 1. The van der Waals surface area contributed by atoms with Crippen LogP contribution in [0.4, 0.5) is 5.82 Å². The molecule has 0 bridgehead atoms. The number of carbonyl (C=O) groups excluding carboxylic acids is 1. The molecule has 3 heterocycles. The van der Waals surface area contributed by atoms with Crippen molar-refractivity contribution in [1.82, 2.24) is 20.1 Å². The third-order valence-corrected chi connectivity index (χ3v) is 5.69. The lowest BCUT2D eigenvalue weighted by Gasteiger charge is -2.34. The number of aliphatic imine (C=N–C) groups is 1. The van der Waals surface area contributed by atoms with Crippen LogP contribution in [0.15, 0.2) is 23.3 Å². The molecule has 1 unspecified atom stereocenters. The number of guanidine groups is 1. The van der Waals surface area contributed by atoms with Gasteiger partial charge in [-0.25, -0.2) is 9.98 Å². The van der Waals surface area contributed by atoms with Crippen LogP contribution in [0, 0.1) is 5.92 Å². The summed E-state index contributed by atoms with van der Waals surface area (Å²) in [5.41, 5.74) is 6.50. The first-order valence-corrected chi connectivity index (χ1v) is 10.7. The zero-order valence-electron chi connectivity index (χ0n) is 17.8. The van der Waals surface area contributed by atoms with Crippen LogP contribution in [0.2, 0.25) is 0 Å². The molecule has 8 heteroatoms. The molecule has 2 aliphatic rings. The summed E-state index contributed by atoms with van der Waals surface area (Å²) in [6.45, 7) is 9.47. The summed E-state index contributed by atoms with van der Waals surface area (Å²) in [5, 5.41) is 3.39. The summed E-state index contributed by atoms with van der Waals surface area (Å²) in [7, 11) is 2.16. The Morgan fingerprint density at radius 3 is 2.72 bits per heavy atom. The van der Waals surface area contributed by atoms with E-state index in [4.69, 9.17) is 10.7 Å². The highest BCUT2D eigenvalue weighted by Gasteiger charge is 2.23. The lowest BCUT2D eigenvalue weighted by atomic mass is 9.95. The molecule has 160 valence electrons. The van der Waals surface area contributed by atoms with Gasteiger partial charge in [-0.05, 0) is 44.4 Å². The molecule has 2 saturated heterocycles. The topological polar surface area (TPSA) is 90.1 Å². The minimum atomic E-state index is -0.217. The second-order valence-electron chi connectivity index (χ2n) is 8.11. The SMILES string of the molecule is CCNC(=NCc1ccc(N2CCN(C)CC2)nc1)N1CCCC(CC(N)=O)C1. The van der Waals surface area contributed by atoms with E-state index in [-0.39, 0.29) is 5.91 Å². The van der Waals surface area contributed by atoms with Crippen LogP contribution in [0.25, 0.3) is 0 Å². The number of nitrogens with two attached hydrogens (primary N) is 1. The van der Waals surface area contributed by atoms with E-state index in [9.17, 15) is 4.79 Å². The van der Waals surface area contributed by atoms with Gasteiger partial charge in [-0.15, -0.1) is 0 Å². The number of nitrogens with zero attached hydrogens (tertiary/aromatic N) is 5. The van der Waals surface area contributed by atoms with Gasteiger partial charge in [-0.3, -0.25) is 4.79 Å². The average molecular weight is 402 g/mol. The quantitative estimate of drug-likeness (QED) is 0.543. The van der Waals surface area contributed by atoms with Gasteiger partial charge in [0, 0.05) is 58.4 Å². The molecule has 1 amide bonds. The smallest absolute Gasteiger partial charge is 0.217 e. The fraction of sp³-hybridized carbons (Fsp3) is 0.667. The van der Waals surface area contributed by atoms with Crippen molar-refractivity contribution in [2.24, 2.45) is 16.6 Å². The first kappa shape index (κ1) is 21.4. The molecule has 0 radical (unpaired) electrons. The van der Waals surface area contributed by atoms with Gasteiger partial charge < -0.3 is 25.8 Å². The predicted molar refractivity (Wildman–Crippen MR) is 117 cm³/mol. The Morgan fingerprint density at radius 1 is 1.28 bits per heavy atom. The molecule has 0 aliphatic carbocycles. The monoisotopic (exact) mass is 401 g/mol. The molecule has 3 rings (SSSR count). The van der Waals surface area contributed by atoms with Crippen LogP contribution < -0.4 is 16.0 Å². The van der Waals surface area contributed by atoms with Crippen molar-refractivity contribution < 1.29 is 4.79 Å². The van der Waals surface area contributed by atoms with Gasteiger partial charge in [0.15, 0.2) is 5.96 Å².